The molecule has 36 heteroatoms. The standard InChI is InChI=1S/C27H15F27O9/c1-4-10(55)58-7-13(28,29)22(43,44)61-25(49,50)16(34)19(37,38)17(35,26(51,52)62-23(45,46)14(30,31)8-59-11(56)5-2)21(41,42)18(36,20(16,39)40)27(53,54)63-24(47,48)15(32,33)9-60-12(57)6-3/h4-6H,1-3,7-9H2. The summed E-state index contributed by atoms with van der Waals surface area (Å²) in [6.07, 6.45) is -53.3. The molecule has 1 rings (SSSR count). The van der Waals surface area contributed by atoms with Crippen LogP contribution in [-0.2, 0) is 42.8 Å². The molecule has 0 heterocycles. The molecule has 1 fully saturated rings. The number of halogens is 27. The Labute approximate surface area is 327 Å². The molecule has 0 aromatic heterocycles. The van der Waals surface area contributed by atoms with Crippen LogP contribution in [0.4, 0.5) is 119 Å². The van der Waals surface area contributed by atoms with E-state index in [4.69, 9.17) is 0 Å². The number of ether oxygens (including phenoxy) is 6. The van der Waals surface area contributed by atoms with E-state index in [2.05, 4.69) is 33.9 Å². The maximum atomic E-state index is 16.0. The molecule has 1 saturated carbocycles. The second-order valence-corrected chi connectivity index (χ2v) is 11.7. The number of carbonyl (C=O) groups excluding carboxylic acids is 3. The van der Waals surface area contributed by atoms with Gasteiger partial charge in [-0.05, 0) is 0 Å². The van der Waals surface area contributed by atoms with E-state index in [9.17, 15) is 67.1 Å². The highest BCUT2D eigenvalue weighted by atomic mass is 19.4. The molecule has 0 amide bonds. The van der Waals surface area contributed by atoms with Crippen molar-refractivity contribution >= 4 is 17.9 Å². The molecule has 366 valence electrons. The van der Waals surface area contributed by atoms with Gasteiger partial charge in [0.1, 0.15) is 0 Å². The number of hydrogen-bond acceptors (Lipinski definition) is 9. The molecule has 0 atom stereocenters. The molecule has 0 aromatic carbocycles. The van der Waals surface area contributed by atoms with Crippen LogP contribution in [0, 0.1) is 0 Å². The third-order valence-corrected chi connectivity index (χ3v) is 7.53. The highest BCUT2D eigenvalue weighted by Crippen LogP contribution is 2.77. The van der Waals surface area contributed by atoms with Gasteiger partial charge in [-0.2, -0.15) is 105 Å². The topological polar surface area (TPSA) is 107 Å². The summed E-state index contributed by atoms with van der Waals surface area (Å²) in [4.78, 5) is 32.6. The van der Waals surface area contributed by atoms with Crippen LogP contribution in [-0.4, -0.2) is 127 Å². The van der Waals surface area contributed by atoms with Gasteiger partial charge in [-0.1, -0.05) is 19.7 Å². The van der Waals surface area contributed by atoms with Gasteiger partial charge in [0.05, 0.1) is 0 Å². The lowest BCUT2D eigenvalue weighted by Crippen LogP contribution is -2.95. The summed E-state index contributed by atoms with van der Waals surface area (Å²) in [5, 5.41) is 0. The molecule has 9 nitrogen and oxygen atoms in total. The summed E-state index contributed by atoms with van der Waals surface area (Å²) in [6.45, 7) is -3.59. The number of rotatable bonds is 21. The van der Waals surface area contributed by atoms with Gasteiger partial charge in [0.15, 0.2) is 19.8 Å². The van der Waals surface area contributed by atoms with Gasteiger partial charge in [0.25, 0.3) is 0 Å². The predicted molar refractivity (Wildman–Crippen MR) is 138 cm³/mol. The van der Waals surface area contributed by atoms with Crippen LogP contribution >= 0.6 is 0 Å². The molecule has 0 aromatic rings. The zero-order valence-corrected chi connectivity index (χ0v) is 28.9. The molecule has 0 spiro atoms. The van der Waals surface area contributed by atoms with Crippen LogP contribution < -0.4 is 0 Å². The van der Waals surface area contributed by atoms with Crippen LogP contribution in [0.5, 0.6) is 0 Å². The molecule has 1 aliphatic carbocycles. The van der Waals surface area contributed by atoms with Crippen molar-refractivity contribution in [1.29, 1.82) is 0 Å². The number of carbonyl (C=O) groups is 3. The third-order valence-electron chi connectivity index (χ3n) is 7.53. The van der Waals surface area contributed by atoms with Gasteiger partial charge in [0.2, 0.25) is 0 Å². The molecule has 0 unspecified atom stereocenters. The van der Waals surface area contributed by atoms with Crippen LogP contribution in [0.15, 0.2) is 38.0 Å². The SMILES string of the molecule is C=CC(=O)OCC(F)(F)C(F)(F)OC(F)(F)C1(F)C(F)(F)C(F)(C(F)(F)OC(F)(F)C(F)(F)COC(=O)C=C)C(F)(F)C(F)(C(F)(F)OC(F)(F)C(F)(F)COC(=O)C=C)C1(F)F. The monoisotopic (exact) mass is 996 g/mol. The molecule has 1 aliphatic rings. The lowest BCUT2D eigenvalue weighted by molar-refractivity contribution is -0.583. The second-order valence-electron chi connectivity index (χ2n) is 11.7. The maximum absolute atomic E-state index is 16.0. The number of esters is 3. The number of hydrogen-bond donors (Lipinski definition) is 0. The van der Waals surface area contributed by atoms with Crippen molar-refractivity contribution in [3.05, 3.63) is 38.0 Å². The lowest BCUT2D eigenvalue weighted by atomic mass is 9.60. The van der Waals surface area contributed by atoms with Gasteiger partial charge >= 0.3 is 107 Å². The highest BCUT2D eigenvalue weighted by molar-refractivity contribution is 5.81. The highest BCUT2D eigenvalue weighted by Gasteiger charge is 3.11. The molecule has 63 heavy (non-hydrogen) atoms. The largest absolute Gasteiger partial charge is 0.456 e. The Morgan fingerprint density at radius 1 is 0.365 bits per heavy atom. The zero-order valence-electron chi connectivity index (χ0n) is 28.9. The first-order chi connectivity index (χ1) is 27.5. The molecule has 0 N–H and O–H groups in total. The first kappa shape index (κ1) is 56.6. The Morgan fingerprint density at radius 2 is 0.524 bits per heavy atom. The molecule has 0 aliphatic heterocycles. The fraction of sp³-hybridized carbons (Fsp3) is 0.667. The average molecular weight is 996 g/mol. The molecule has 0 bridgehead atoms. The van der Waals surface area contributed by atoms with Crippen LogP contribution in [0.25, 0.3) is 0 Å². The van der Waals surface area contributed by atoms with Crippen molar-refractivity contribution in [1.82, 2.24) is 0 Å². The Kier molecular flexibility index (Phi) is 14.6. The maximum Gasteiger partial charge on any atom is 0.427 e. The summed E-state index contributed by atoms with van der Waals surface area (Å²) in [7, 11) is 0. The van der Waals surface area contributed by atoms with Crippen LogP contribution in [0.3, 0.4) is 0 Å². The summed E-state index contributed by atoms with van der Waals surface area (Å²) < 4.78 is 414. The summed E-state index contributed by atoms with van der Waals surface area (Å²) in [5.74, 6) is -58.4. The molecule has 0 radical (unpaired) electrons. The fourth-order valence-electron chi connectivity index (χ4n) is 4.23. The van der Waals surface area contributed by atoms with E-state index in [1.54, 1.807) is 0 Å². The Morgan fingerprint density at radius 3 is 0.667 bits per heavy atom. The van der Waals surface area contributed by atoms with Gasteiger partial charge in [-0.15, -0.1) is 0 Å². The van der Waals surface area contributed by atoms with E-state index in [0.29, 0.717) is 0 Å². The van der Waals surface area contributed by atoms with E-state index in [0.717, 1.165) is 0 Å². The minimum Gasteiger partial charge on any atom is -0.456 e. The average Bonchev–Trinajstić information content (AvgIpc) is 3.11. The summed E-state index contributed by atoms with van der Waals surface area (Å²) >= 11 is 0. The Bertz CT molecular complexity index is 1560. The van der Waals surface area contributed by atoms with E-state index in [1.165, 1.54) is 14.2 Å². The van der Waals surface area contributed by atoms with E-state index in [-0.39, 0.29) is 18.2 Å². The van der Waals surface area contributed by atoms with E-state index < -0.39 is 127 Å². The van der Waals surface area contributed by atoms with Crippen molar-refractivity contribution < 1.29 is 161 Å². The Hall–Kier alpha value is -4.38. The fourth-order valence-corrected chi connectivity index (χ4v) is 4.23. The third kappa shape index (κ3) is 8.41. The predicted octanol–water partition coefficient (Wildman–Crippen LogP) is 8.73. The normalized spacial score (nSPS) is 24.8. The zero-order chi connectivity index (χ0) is 50.7. The van der Waals surface area contributed by atoms with Gasteiger partial charge in [-0.3, -0.25) is 0 Å². The molecular weight excluding hydrogens is 981 g/mol. The minimum atomic E-state index is -10.1. The van der Waals surface area contributed by atoms with Crippen LogP contribution in [0.2, 0.25) is 0 Å². The van der Waals surface area contributed by atoms with Crippen molar-refractivity contribution in [3.8, 4) is 0 Å². The molecule has 0 saturated heterocycles. The van der Waals surface area contributed by atoms with Gasteiger partial charge in [0, 0.05) is 18.2 Å². The van der Waals surface area contributed by atoms with E-state index >= 15 is 65.9 Å². The second kappa shape index (κ2) is 16.2. The van der Waals surface area contributed by atoms with Crippen molar-refractivity contribution in [2.45, 2.75) is 89.2 Å². The summed E-state index contributed by atoms with van der Waals surface area (Å²) in [5.41, 5.74) is -30.2. The van der Waals surface area contributed by atoms with E-state index in [1.807, 2.05) is 0 Å². The minimum absolute atomic E-state index is 0.295. The van der Waals surface area contributed by atoms with Gasteiger partial charge in [-0.25, -0.2) is 41.8 Å². The smallest absolute Gasteiger partial charge is 0.427 e. The first-order valence-corrected chi connectivity index (χ1v) is 14.6. The molecular formula is C27H15F27O9. The van der Waals surface area contributed by atoms with Crippen molar-refractivity contribution in [2.75, 3.05) is 19.8 Å². The number of alkyl halides is 27. The van der Waals surface area contributed by atoms with Crippen molar-refractivity contribution in [3.63, 3.8) is 0 Å². The summed E-state index contributed by atoms with van der Waals surface area (Å²) in [6, 6.07) is 0. The van der Waals surface area contributed by atoms with Crippen LogP contribution in [0.1, 0.15) is 0 Å². The Balaban J connectivity index is 4.60. The first-order valence-electron chi connectivity index (χ1n) is 14.6. The van der Waals surface area contributed by atoms with Crippen molar-refractivity contribution in [2.24, 2.45) is 0 Å². The lowest BCUT2D eigenvalue weighted by Gasteiger charge is -2.60. The van der Waals surface area contributed by atoms with Gasteiger partial charge < -0.3 is 14.2 Å². The quantitative estimate of drug-likeness (QED) is 0.0484.